The van der Waals surface area contributed by atoms with Crippen LogP contribution >= 0.6 is 0 Å². The number of nitrogens with one attached hydrogen (secondary N) is 1. The third-order valence-electron chi connectivity index (χ3n) is 4.43. The molecule has 6 heteroatoms. The molecule has 0 spiro atoms. The number of aryl methyl sites for hydroxylation is 1. The Balaban J connectivity index is 1.67. The Morgan fingerprint density at radius 2 is 2.17 bits per heavy atom. The lowest BCUT2D eigenvalue weighted by molar-refractivity contribution is 0.0733. The Morgan fingerprint density at radius 1 is 1.33 bits per heavy atom. The van der Waals surface area contributed by atoms with E-state index in [1.165, 1.54) is 0 Å². The van der Waals surface area contributed by atoms with Crippen LogP contribution in [0, 0.1) is 6.92 Å². The van der Waals surface area contributed by atoms with Crippen molar-refractivity contribution in [3.05, 3.63) is 59.5 Å². The van der Waals surface area contributed by atoms with Gasteiger partial charge in [-0.2, -0.15) is 5.10 Å². The first-order valence-corrected chi connectivity index (χ1v) is 8.07. The van der Waals surface area contributed by atoms with Crippen molar-refractivity contribution in [3.8, 4) is 11.3 Å². The van der Waals surface area contributed by atoms with Crippen molar-refractivity contribution >= 4 is 5.91 Å². The smallest absolute Gasteiger partial charge is 0.254 e. The van der Waals surface area contributed by atoms with Gasteiger partial charge in [-0.05, 0) is 31.9 Å². The van der Waals surface area contributed by atoms with Crippen LogP contribution in [-0.4, -0.2) is 32.7 Å². The van der Waals surface area contributed by atoms with Crippen LogP contribution in [0.5, 0.6) is 0 Å². The van der Waals surface area contributed by atoms with Crippen LogP contribution < -0.4 is 0 Å². The van der Waals surface area contributed by atoms with Crippen molar-refractivity contribution in [1.29, 1.82) is 0 Å². The molecule has 6 nitrogen and oxygen atoms in total. The highest BCUT2D eigenvalue weighted by Gasteiger charge is 2.33. The quantitative estimate of drug-likeness (QED) is 0.802. The van der Waals surface area contributed by atoms with Gasteiger partial charge >= 0.3 is 0 Å². The summed E-state index contributed by atoms with van der Waals surface area (Å²) in [6.07, 6.45) is 3.61. The minimum atomic E-state index is -0.0272. The van der Waals surface area contributed by atoms with Crippen molar-refractivity contribution in [2.45, 2.75) is 25.8 Å². The second kappa shape index (κ2) is 5.96. The van der Waals surface area contributed by atoms with Crippen molar-refractivity contribution in [1.82, 2.24) is 20.3 Å². The number of hydrogen-bond donors (Lipinski definition) is 1. The first-order valence-electron chi connectivity index (χ1n) is 8.07. The molecule has 1 saturated heterocycles. The Labute approximate surface area is 139 Å². The molecule has 0 unspecified atom stereocenters. The van der Waals surface area contributed by atoms with Gasteiger partial charge in [0.15, 0.2) is 5.76 Å². The van der Waals surface area contributed by atoms with Crippen LogP contribution in [0.2, 0.25) is 0 Å². The number of nitrogens with zero attached hydrogens (tertiary/aromatic N) is 3. The zero-order valence-electron chi connectivity index (χ0n) is 13.4. The van der Waals surface area contributed by atoms with Crippen molar-refractivity contribution in [2.24, 2.45) is 0 Å². The molecule has 24 heavy (non-hydrogen) atoms. The van der Waals surface area contributed by atoms with Gasteiger partial charge in [0, 0.05) is 18.2 Å². The normalized spacial score (nSPS) is 17.4. The van der Waals surface area contributed by atoms with Crippen molar-refractivity contribution < 1.29 is 9.32 Å². The first kappa shape index (κ1) is 14.7. The van der Waals surface area contributed by atoms with Gasteiger partial charge in [0.25, 0.3) is 5.91 Å². The molecule has 1 aliphatic rings. The standard InChI is InChI=1S/C18H18N4O2/c1-12-10-16(24-21-12)14-11-19-20-17(14)15-8-5-9-22(15)18(23)13-6-3-2-4-7-13/h2-4,6-7,10-11,15H,5,8-9H2,1H3,(H,19,20)/t15-/m1/s1. The number of likely N-dealkylation sites (tertiary alicyclic amines) is 1. The molecular formula is C18H18N4O2. The molecule has 0 saturated carbocycles. The summed E-state index contributed by atoms with van der Waals surface area (Å²) in [6.45, 7) is 2.62. The molecular weight excluding hydrogens is 304 g/mol. The summed E-state index contributed by atoms with van der Waals surface area (Å²) in [7, 11) is 0. The lowest BCUT2D eigenvalue weighted by atomic mass is 10.0. The van der Waals surface area contributed by atoms with E-state index in [2.05, 4.69) is 15.4 Å². The summed E-state index contributed by atoms with van der Waals surface area (Å²) in [5.41, 5.74) is 3.31. The minimum Gasteiger partial charge on any atom is -0.356 e. The van der Waals surface area contributed by atoms with E-state index < -0.39 is 0 Å². The molecule has 1 atom stereocenters. The molecule has 1 fully saturated rings. The summed E-state index contributed by atoms with van der Waals surface area (Å²) in [5.74, 6) is 0.725. The summed E-state index contributed by atoms with van der Waals surface area (Å²) in [4.78, 5) is 14.8. The number of aromatic nitrogens is 3. The molecule has 3 heterocycles. The molecule has 122 valence electrons. The Kier molecular flexibility index (Phi) is 3.65. The molecule has 4 rings (SSSR count). The van der Waals surface area contributed by atoms with E-state index in [4.69, 9.17) is 4.52 Å². The molecule has 3 aromatic rings. The van der Waals surface area contributed by atoms with Gasteiger partial charge in [0.05, 0.1) is 29.2 Å². The third-order valence-corrected chi connectivity index (χ3v) is 4.43. The van der Waals surface area contributed by atoms with Crippen LogP contribution in [-0.2, 0) is 0 Å². The summed E-state index contributed by atoms with van der Waals surface area (Å²) >= 11 is 0. The van der Waals surface area contributed by atoms with Gasteiger partial charge < -0.3 is 9.42 Å². The fourth-order valence-electron chi connectivity index (χ4n) is 3.29. The Bertz CT molecular complexity index is 853. The number of benzene rings is 1. The molecule has 0 radical (unpaired) electrons. The molecule has 0 bridgehead atoms. The average molecular weight is 322 g/mol. The molecule has 1 aliphatic heterocycles. The van der Waals surface area contributed by atoms with Crippen LogP contribution in [0.25, 0.3) is 11.3 Å². The van der Waals surface area contributed by atoms with Gasteiger partial charge in [-0.3, -0.25) is 9.89 Å². The van der Waals surface area contributed by atoms with Gasteiger partial charge in [-0.25, -0.2) is 0 Å². The fourth-order valence-corrected chi connectivity index (χ4v) is 3.29. The highest BCUT2D eigenvalue weighted by Crippen LogP contribution is 2.37. The Hall–Kier alpha value is -2.89. The van der Waals surface area contributed by atoms with E-state index >= 15 is 0 Å². The van der Waals surface area contributed by atoms with Crippen LogP contribution in [0.4, 0.5) is 0 Å². The van der Waals surface area contributed by atoms with E-state index in [0.717, 1.165) is 36.3 Å². The molecule has 1 N–H and O–H groups in total. The predicted octanol–water partition coefficient (Wildman–Crippen LogP) is 3.35. The number of amides is 1. The number of carbonyl (C=O) groups excluding carboxylic acids is 1. The summed E-state index contributed by atoms with van der Waals surface area (Å²) in [5, 5.41) is 11.2. The lowest BCUT2D eigenvalue weighted by Crippen LogP contribution is -2.31. The number of hydrogen-bond acceptors (Lipinski definition) is 4. The molecule has 2 aromatic heterocycles. The largest absolute Gasteiger partial charge is 0.356 e. The van der Waals surface area contributed by atoms with Crippen molar-refractivity contribution in [2.75, 3.05) is 6.54 Å². The van der Waals surface area contributed by atoms with Gasteiger partial charge in [0.1, 0.15) is 0 Å². The molecule has 1 aromatic carbocycles. The zero-order valence-corrected chi connectivity index (χ0v) is 13.4. The summed E-state index contributed by atoms with van der Waals surface area (Å²) in [6, 6.07) is 11.2. The predicted molar refractivity (Wildman–Crippen MR) is 88.3 cm³/mol. The number of carbonyl (C=O) groups is 1. The maximum Gasteiger partial charge on any atom is 0.254 e. The minimum absolute atomic E-state index is 0.0272. The highest BCUT2D eigenvalue weighted by molar-refractivity contribution is 5.94. The van der Waals surface area contributed by atoms with Crippen LogP contribution in [0.3, 0.4) is 0 Å². The number of aromatic amines is 1. The first-order chi connectivity index (χ1) is 11.7. The third kappa shape index (κ3) is 2.50. The van der Waals surface area contributed by atoms with Gasteiger partial charge in [-0.15, -0.1) is 0 Å². The lowest BCUT2D eigenvalue weighted by Gasteiger charge is -2.24. The topological polar surface area (TPSA) is 75.0 Å². The van der Waals surface area contributed by atoms with E-state index in [1.54, 1.807) is 6.20 Å². The van der Waals surface area contributed by atoms with E-state index in [9.17, 15) is 4.79 Å². The fraction of sp³-hybridized carbons (Fsp3) is 0.278. The van der Waals surface area contributed by atoms with Crippen LogP contribution in [0.1, 0.15) is 40.6 Å². The van der Waals surface area contributed by atoms with Gasteiger partial charge in [0.2, 0.25) is 0 Å². The van der Waals surface area contributed by atoms with E-state index in [1.807, 2.05) is 48.2 Å². The molecule has 0 aliphatic carbocycles. The maximum atomic E-state index is 12.9. The number of H-pyrrole nitrogens is 1. The maximum absolute atomic E-state index is 12.9. The highest BCUT2D eigenvalue weighted by atomic mass is 16.5. The second-order valence-corrected chi connectivity index (χ2v) is 6.05. The SMILES string of the molecule is Cc1cc(-c2cn[nH]c2[C@H]2CCCN2C(=O)c2ccccc2)on1. The second-order valence-electron chi connectivity index (χ2n) is 6.05. The zero-order chi connectivity index (χ0) is 16.5. The molecule has 1 amide bonds. The Morgan fingerprint density at radius 3 is 2.92 bits per heavy atom. The average Bonchev–Trinajstić information content (AvgIpc) is 3.34. The summed E-state index contributed by atoms with van der Waals surface area (Å²) < 4.78 is 5.38. The van der Waals surface area contributed by atoms with Crippen LogP contribution in [0.15, 0.2) is 47.1 Å². The van der Waals surface area contributed by atoms with E-state index in [0.29, 0.717) is 11.3 Å². The monoisotopic (exact) mass is 322 g/mol. The van der Waals surface area contributed by atoms with Crippen molar-refractivity contribution in [3.63, 3.8) is 0 Å². The van der Waals surface area contributed by atoms with E-state index in [-0.39, 0.29) is 11.9 Å². The van der Waals surface area contributed by atoms with Gasteiger partial charge in [-0.1, -0.05) is 23.4 Å². The number of rotatable bonds is 3.